The summed E-state index contributed by atoms with van der Waals surface area (Å²) < 4.78 is 25.3. The number of rotatable bonds is 2. The van der Waals surface area contributed by atoms with Crippen LogP contribution in [0.15, 0.2) is 0 Å². The molecule has 0 saturated carbocycles. The molecule has 60 valence electrons. The van der Waals surface area contributed by atoms with Crippen molar-refractivity contribution >= 4 is 7.82 Å². The molecule has 5 heteroatoms. The zero-order valence-electron chi connectivity index (χ0n) is 5.99. The van der Waals surface area contributed by atoms with Crippen molar-refractivity contribution in [3.05, 3.63) is 0 Å². The van der Waals surface area contributed by atoms with Crippen LogP contribution in [-0.4, -0.2) is 5.79 Å². The van der Waals surface area contributed by atoms with E-state index in [2.05, 4.69) is 16.6 Å². The predicted octanol–water partition coefficient (Wildman–Crippen LogP) is 1.63. The molecule has 0 unspecified atom stereocenters. The van der Waals surface area contributed by atoms with Crippen LogP contribution < -0.4 is 0 Å². The number of hydrogen-bond acceptors (Lipinski definition) is 4. The molecule has 0 N–H and O–H groups in total. The molecule has 0 aromatic carbocycles. The molecule has 11 heavy (non-hydrogen) atoms. The normalized spacial score (nSPS) is 44.8. The number of phosphoric acid groups is 1. The highest BCUT2D eigenvalue weighted by Gasteiger charge is 2.59. The zero-order valence-corrected chi connectivity index (χ0v) is 6.89. The molecule has 4 nitrogen and oxygen atoms in total. The fourth-order valence-corrected chi connectivity index (χ4v) is 2.33. The van der Waals surface area contributed by atoms with Gasteiger partial charge in [0.25, 0.3) is 5.79 Å². The van der Waals surface area contributed by atoms with Crippen LogP contribution in [0.3, 0.4) is 0 Å². The largest absolute Gasteiger partial charge is 0.545 e. The first-order valence-corrected chi connectivity index (χ1v) is 4.86. The maximum absolute atomic E-state index is 11.0. The Hall–Kier alpha value is -0.490. The molecular formula is C6H7O4P. The van der Waals surface area contributed by atoms with Gasteiger partial charge in [-0.25, -0.2) is 13.6 Å². The van der Waals surface area contributed by atoms with E-state index in [4.69, 9.17) is 9.05 Å². The van der Waals surface area contributed by atoms with E-state index in [0.717, 1.165) is 6.42 Å². The van der Waals surface area contributed by atoms with Crippen molar-refractivity contribution in [2.45, 2.75) is 25.6 Å². The molecule has 0 aromatic heterocycles. The molecule has 3 aliphatic rings. The van der Waals surface area contributed by atoms with E-state index in [0.29, 0.717) is 6.42 Å². The second-order valence-corrected chi connectivity index (χ2v) is 3.89. The van der Waals surface area contributed by atoms with Crippen LogP contribution >= 0.6 is 7.82 Å². The minimum absolute atomic E-state index is 0.632. The molecule has 2 bridgehead atoms. The number of hydrogen-bond donors (Lipinski definition) is 0. The van der Waals surface area contributed by atoms with Gasteiger partial charge in [0.15, 0.2) is 0 Å². The predicted molar refractivity (Wildman–Crippen MR) is 36.3 cm³/mol. The Morgan fingerprint density at radius 1 is 1.55 bits per heavy atom. The Kier molecular flexibility index (Phi) is 1.31. The Morgan fingerprint density at radius 3 is 2.82 bits per heavy atom. The smallest absolute Gasteiger partial charge is 0.350 e. The first kappa shape index (κ1) is 7.17. The second kappa shape index (κ2) is 2.01. The second-order valence-electron chi connectivity index (χ2n) is 2.45. The van der Waals surface area contributed by atoms with E-state index in [1.54, 1.807) is 0 Å². The molecule has 3 rings (SSSR count). The third-order valence-electron chi connectivity index (χ3n) is 1.50. The molecule has 0 spiro atoms. The van der Waals surface area contributed by atoms with Crippen LogP contribution in [0.2, 0.25) is 0 Å². The van der Waals surface area contributed by atoms with Gasteiger partial charge in [-0.1, -0.05) is 6.92 Å². The van der Waals surface area contributed by atoms with Gasteiger partial charge in [0.1, 0.15) is 6.11 Å². The molecule has 0 aromatic rings. The van der Waals surface area contributed by atoms with Crippen molar-refractivity contribution in [3.8, 4) is 12.0 Å². The van der Waals surface area contributed by atoms with Crippen molar-refractivity contribution in [2.24, 2.45) is 0 Å². The van der Waals surface area contributed by atoms with Crippen LogP contribution in [0, 0.1) is 12.0 Å². The van der Waals surface area contributed by atoms with Gasteiger partial charge in [0.2, 0.25) is 0 Å². The maximum atomic E-state index is 11.0. The lowest BCUT2D eigenvalue weighted by Crippen LogP contribution is -2.43. The highest BCUT2D eigenvalue weighted by atomic mass is 31.2. The lowest BCUT2D eigenvalue weighted by atomic mass is 10.2. The molecule has 3 heterocycles. The van der Waals surface area contributed by atoms with Gasteiger partial charge in [0, 0.05) is 12.3 Å². The van der Waals surface area contributed by atoms with E-state index < -0.39 is 13.6 Å². The molecule has 0 atom stereocenters. The van der Waals surface area contributed by atoms with E-state index >= 15 is 0 Å². The first-order valence-electron chi connectivity index (χ1n) is 3.40. The SMILES string of the molecule is CCCC12C#COP(=O)(O1)O2. The standard InChI is InChI=1S/C6H7O4P/c1-2-3-6-4-5-8-11(7,9-6)10-6/h2-3H2,1H3. The zero-order chi connectivity index (χ0) is 7.95. The van der Waals surface area contributed by atoms with Gasteiger partial charge in [-0.2, -0.15) is 0 Å². The lowest BCUT2D eigenvalue weighted by Gasteiger charge is -2.41. The van der Waals surface area contributed by atoms with Crippen molar-refractivity contribution < 1.29 is 18.1 Å². The van der Waals surface area contributed by atoms with Crippen LogP contribution in [0.4, 0.5) is 0 Å². The van der Waals surface area contributed by atoms with Crippen molar-refractivity contribution in [1.82, 2.24) is 0 Å². The van der Waals surface area contributed by atoms with Crippen molar-refractivity contribution in [2.75, 3.05) is 0 Å². The molecule has 1 fully saturated rings. The van der Waals surface area contributed by atoms with Gasteiger partial charge in [0.05, 0.1) is 0 Å². The Labute approximate surface area is 64.4 Å². The highest BCUT2D eigenvalue weighted by Crippen LogP contribution is 2.67. The van der Waals surface area contributed by atoms with Crippen LogP contribution in [0.5, 0.6) is 0 Å². The third-order valence-corrected chi connectivity index (χ3v) is 2.85. The fraction of sp³-hybridized carbons (Fsp3) is 0.667. The summed E-state index contributed by atoms with van der Waals surface area (Å²) >= 11 is 0. The van der Waals surface area contributed by atoms with E-state index in [1.165, 1.54) is 0 Å². The van der Waals surface area contributed by atoms with Gasteiger partial charge in [-0.05, 0) is 6.42 Å². The Balaban J connectivity index is 2.19. The van der Waals surface area contributed by atoms with Crippen LogP contribution in [0.25, 0.3) is 0 Å². The van der Waals surface area contributed by atoms with Gasteiger partial charge in [-0.15, -0.1) is 0 Å². The van der Waals surface area contributed by atoms with Gasteiger partial charge in [-0.3, -0.25) is 0 Å². The summed E-state index contributed by atoms with van der Waals surface area (Å²) in [5.41, 5.74) is 0. The summed E-state index contributed by atoms with van der Waals surface area (Å²) in [7, 11) is -3.21. The van der Waals surface area contributed by atoms with E-state index in [9.17, 15) is 4.57 Å². The first-order chi connectivity index (χ1) is 5.18. The molecule has 3 aliphatic heterocycles. The molecule has 0 aliphatic carbocycles. The van der Waals surface area contributed by atoms with E-state index in [-0.39, 0.29) is 0 Å². The molecule has 0 amide bonds. The van der Waals surface area contributed by atoms with Crippen molar-refractivity contribution in [3.63, 3.8) is 0 Å². The minimum atomic E-state index is -3.21. The Morgan fingerprint density at radius 2 is 2.27 bits per heavy atom. The fourth-order valence-electron chi connectivity index (χ4n) is 1.09. The third kappa shape index (κ3) is 0.970. The lowest BCUT2D eigenvalue weighted by molar-refractivity contribution is -0.184. The van der Waals surface area contributed by atoms with Crippen molar-refractivity contribution in [1.29, 1.82) is 0 Å². The van der Waals surface area contributed by atoms with Gasteiger partial charge < -0.3 is 4.52 Å². The average Bonchev–Trinajstić information content (AvgIpc) is 1.85. The molecule has 0 radical (unpaired) electrons. The monoisotopic (exact) mass is 174 g/mol. The van der Waals surface area contributed by atoms with Crippen LogP contribution in [0.1, 0.15) is 19.8 Å². The summed E-state index contributed by atoms with van der Waals surface area (Å²) in [5.74, 6) is 1.68. The summed E-state index contributed by atoms with van der Waals surface area (Å²) in [6, 6.07) is 0. The molecular weight excluding hydrogens is 167 g/mol. The summed E-state index contributed by atoms with van der Waals surface area (Å²) in [4.78, 5) is 0. The minimum Gasteiger partial charge on any atom is -0.350 e. The van der Waals surface area contributed by atoms with E-state index in [1.807, 2.05) is 6.92 Å². The molecule has 1 saturated heterocycles. The number of phosphoric ester groups is 1. The number of fused-ring (bicyclic) bond motifs is 1. The highest BCUT2D eigenvalue weighted by molar-refractivity contribution is 7.50. The van der Waals surface area contributed by atoms with Crippen LogP contribution in [-0.2, 0) is 18.1 Å². The topological polar surface area (TPSA) is 44.8 Å². The summed E-state index contributed by atoms with van der Waals surface area (Å²) in [5, 5.41) is 0. The quantitative estimate of drug-likeness (QED) is 0.471. The summed E-state index contributed by atoms with van der Waals surface area (Å²) in [6.07, 6.45) is 3.79. The Bertz CT molecular complexity index is 277. The maximum Gasteiger partial charge on any atom is 0.545 e. The average molecular weight is 174 g/mol. The summed E-state index contributed by atoms with van der Waals surface area (Å²) in [6.45, 7) is 1.97. The van der Waals surface area contributed by atoms with Gasteiger partial charge >= 0.3 is 7.82 Å².